The zero-order chi connectivity index (χ0) is 16.5. The summed E-state index contributed by atoms with van der Waals surface area (Å²) in [6.07, 6.45) is 1.70. The fraction of sp³-hybridized carbons (Fsp3) is 0.211. The van der Waals surface area contributed by atoms with E-state index >= 15 is 0 Å². The molecule has 0 fully saturated rings. The number of hydrogen-bond donors (Lipinski definition) is 1. The Morgan fingerprint density at radius 3 is 2.79 bits per heavy atom. The quantitative estimate of drug-likeness (QED) is 0.778. The van der Waals surface area contributed by atoms with Crippen molar-refractivity contribution in [3.8, 4) is 11.4 Å². The van der Waals surface area contributed by atoms with Crippen LogP contribution in [0.5, 0.6) is 5.75 Å². The van der Waals surface area contributed by atoms with Crippen molar-refractivity contribution in [2.45, 2.75) is 12.8 Å². The minimum atomic E-state index is 0.728. The third-order valence-electron chi connectivity index (χ3n) is 4.36. The summed E-state index contributed by atoms with van der Waals surface area (Å²) in [4.78, 5) is 0. The van der Waals surface area contributed by atoms with Gasteiger partial charge in [-0.1, -0.05) is 41.9 Å². The lowest BCUT2D eigenvalue weighted by atomic mass is 10.1. The van der Waals surface area contributed by atoms with Gasteiger partial charge in [0.25, 0.3) is 0 Å². The van der Waals surface area contributed by atoms with E-state index in [0.717, 1.165) is 52.9 Å². The average Bonchev–Trinajstić information content (AvgIpc) is 3.21. The highest BCUT2D eigenvalue weighted by Crippen LogP contribution is 2.33. The van der Waals surface area contributed by atoms with E-state index in [0.29, 0.717) is 0 Å². The molecule has 4 nitrogen and oxygen atoms in total. The molecule has 1 aliphatic rings. The molecule has 3 aromatic rings. The lowest BCUT2D eigenvalue weighted by molar-refractivity contribution is 0.412. The number of ether oxygens (including phenoxy) is 1. The van der Waals surface area contributed by atoms with Crippen molar-refractivity contribution in [1.29, 1.82) is 0 Å². The van der Waals surface area contributed by atoms with Gasteiger partial charge in [0.2, 0.25) is 0 Å². The Morgan fingerprint density at radius 2 is 1.96 bits per heavy atom. The maximum atomic E-state index is 6.33. The first-order chi connectivity index (χ1) is 11.8. The summed E-state index contributed by atoms with van der Waals surface area (Å²) in [6.45, 7) is 0.928. The maximum Gasteiger partial charge on any atom is 0.144 e. The van der Waals surface area contributed by atoms with Crippen molar-refractivity contribution in [2.24, 2.45) is 0 Å². The number of hydrogen-bond acceptors (Lipinski definition) is 3. The van der Waals surface area contributed by atoms with Gasteiger partial charge in [-0.05, 0) is 30.2 Å². The normalized spacial score (nSPS) is 12.8. The molecule has 0 atom stereocenters. The van der Waals surface area contributed by atoms with Gasteiger partial charge in [0.1, 0.15) is 17.3 Å². The maximum absolute atomic E-state index is 6.33. The predicted octanol–water partition coefficient (Wildman–Crippen LogP) is 4.09. The highest BCUT2D eigenvalue weighted by molar-refractivity contribution is 6.31. The van der Waals surface area contributed by atoms with Crippen LogP contribution in [0.2, 0.25) is 5.02 Å². The smallest absolute Gasteiger partial charge is 0.144 e. The third-order valence-corrected chi connectivity index (χ3v) is 4.73. The summed E-state index contributed by atoms with van der Waals surface area (Å²) in [5, 5.41) is 9.10. The van der Waals surface area contributed by atoms with E-state index in [1.54, 1.807) is 7.11 Å². The molecule has 0 amide bonds. The van der Waals surface area contributed by atoms with Crippen LogP contribution >= 0.6 is 11.6 Å². The molecule has 1 N–H and O–H groups in total. The first kappa shape index (κ1) is 15.1. The fourth-order valence-corrected chi connectivity index (χ4v) is 3.39. The highest BCUT2D eigenvalue weighted by atomic mass is 35.5. The molecular formula is C19H18ClN3O. The lowest BCUT2D eigenvalue weighted by Gasteiger charge is -2.10. The van der Waals surface area contributed by atoms with Crippen molar-refractivity contribution in [3.63, 3.8) is 0 Å². The predicted molar refractivity (Wildman–Crippen MR) is 96.6 cm³/mol. The topological polar surface area (TPSA) is 39.1 Å². The molecule has 0 saturated carbocycles. The van der Waals surface area contributed by atoms with Crippen LogP contribution in [-0.2, 0) is 12.8 Å². The van der Waals surface area contributed by atoms with Crippen LogP contribution in [-0.4, -0.2) is 23.4 Å². The molecule has 1 aliphatic heterocycles. The number of anilines is 1. The van der Waals surface area contributed by atoms with Crippen molar-refractivity contribution < 1.29 is 4.74 Å². The molecule has 24 heavy (non-hydrogen) atoms. The second-order valence-corrected chi connectivity index (χ2v) is 6.21. The van der Waals surface area contributed by atoms with Gasteiger partial charge < -0.3 is 10.1 Å². The Balaban J connectivity index is 1.80. The van der Waals surface area contributed by atoms with E-state index in [9.17, 15) is 0 Å². The first-order valence-corrected chi connectivity index (χ1v) is 8.37. The van der Waals surface area contributed by atoms with Crippen LogP contribution in [0.1, 0.15) is 16.8 Å². The second kappa shape index (κ2) is 6.21. The van der Waals surface area contributed by atoms with E-state index in [1.807, 2.05) is 47.1 Å². The number of methoxy groups -OCH3 is 1. The molecule has 0 bridgehead atoms. The van der Waals surface area contributed by atoms with Crippen LogP contribution in [0.15, 0.2) is 48.5 Å². The molecule has 122 valence electrons. The van der Waals surface area contributed by atoms with Crippen molar-refractivity contribution in [2.75, 3.05) is 19.0 Å². The molecule has 0 saturated heterocycles. The number of halogens is 1. The van der Waals surface area contributed by atoms with Crippen molar-refractivity contribution in [3.05, 3.63) is 70.4 Å². The van der Waals surface area contributed by atoms with Crippen LogP contribution in [0.3, 0.4) is 0 Å². The van der Waals surface area contributed by atoms with Gasteiger partial charge in [0, 0.05) is 23.6 Å². The van der Waals surface area contributed by atoms with E-state index < -0.39 is 0 Å². The third kappa shape index (κ3) is 2.53. The molecule has 0 radical (unpaired) electrons. The van der Waals surface area contributed by atoms with E-state index in [1.165, 1.54) is 5.56 Å². The van der Waals surface area contributed by atoms with Gasteiger partial charge in [-0.2, -0.15) is 5.10 Å². The fourth-order valence-electron chi connectivity index (χ4n) is 3.19. The number of rotatable bonds is 4. The highest BCUT2D eigenvalue weighted by Gasteiger charge is 2.24. The van der Waals surface area contributed by atoms with E-state index in [-0.39, 0.29) is 0 Å². The van der Waals surface area contributed by atoms with E-state index in [4.69, 9.17) is 21.4 Å². The zero-order valence-corrected chi connectivity index (χ0v) is 14.2. The summed E-state index contributed by atoms with van der Waals surface area (Å²) >= 11 is 6.33. The Bertz CT molecular complexity index is 888. The van der Waals surface area contributed by atoms with E-state index in [2.05, 4.69) is 11.4 Å². The molecule has 2 aromatic carbocycles. The van der Waals surface area contributed by atoms with Crippen LogP contribution in [0.4, 0.5) is 5.82 Å². The SMILES string of the molecule is COc1ccccc1-n1nc(Cc2ccccc2Cl)c2c1NCC2. The zero-order valence-electron chi connectivity index (χ0n) is 13.4. The molecule has 0 unspecified atom stereocenters. The van der Waals surface area contributed by atoms with Gasteiger partial charge >= 0.3 is 0 Å². The number of aromatic nitrogens is 2. The minimum Gasteiger partial charge on any atom is -0.494 e. The summed E-state index contributed by atoms with van der Waals surface area (Å²) in [7, 11) is 1.68. The standard InChI is InChI=1S/C19H18ClN3O/c1-24-18-9-5-4-8-17(18)23-19-14(10-11-21-19)16(22-23)12-13-6-2-3-7-15(13)20/h2-9,21H,10-12H2,1H3. The number of benzene rings is 2. The summed E-state index contributed by atoms with van der Waals surface area (Å²) in [6, 6.07) is 15.9. The van der Waals surface area contributed by atoms with Crippen LogP contribution < -0.4 is 10.1 Å². The van der Waals surface area contributed by atoms with Gasteiger partial charge in [-0.25, -0.2) is 4.68 Å². The van der Waals surface area contributed by atoms with Crippen molar-refractivity contribution in [1.82, 2.24) is 9.78 Å². The minimum absolute atomic E-state index is 0.728. The van der Waals surface area contributed by atoms with Gasteiger partial charge in [-0.3, -0.25) is 0 Å². The number of nitrogens with one attached hydrogen (secondary N) is 1. The Kier molecular flexibility index (Phi) is 3.90. The monoisotopic (exact) mass is 339 g/mol. The molecule has 0 aliphatic carbocycles. The Labute approximate surface area is 146 Å². The molecule has 2 heterocycles. The summed E-state index contributed by atoms with van der Waals surface area (Å²) < 4.78 is 7.45. The van der Waals surface area contributed by atoms with Crippen molar-refractivity contribution >= 4 is 17.4 Å². The van der Waals surface area contributed by atoms with Gasteiger partial charge in [-0.15, -0.1) is 0 Å². The lowest BCUT2D eigenvalue weighted by Crippen LogP contribution is -2.06. The summed E-state index contributed by atoms with van der Waals surface area (Å²) in [5.41, 5.74) is 4.37. The first-order valence-electron chi connectivity index (χ1n) is 7.99. The molecule has 4 rings (SSSR count). The van der Waals surface area contributed by atoms with Gasteiger partial charge in [0.15, 0.2) is 0 Å². The van der Waals surface area contributed by atoms with Crippen LogP contribution in [0, 0.1) is 0 Å². The number of nitrogens with zero attached hydrogens (tertiary/aromatic N) is 2. The molecule has 5 heteroatoms. The number of fused-ring (bicyclic) bond motifs is 1. The summed E-state index contributed by atoms with van der Waals surface area (Å²) in [5.74, 6) is 1.86. The average molecular weight is 340 g/mol. The Morgan fingerprint density at radius 1 is 1.17 bits per heavy atom. The second-order valence-electron chi connectivity index (χ2n) is 5.80. The molecule has 1 aromatic heterocycles. The molecule has 0 spiro atoms. The Hall–Kier alpha value is -2.46. The number of para-hydroxylation sites is 2. The largest absolute Gasteiger partial charge is 0.494 e. The van der Waals surface area contributed by atoms with Gasteiger partial charge in [0.05, 0.1) is 12.8 Å². The molecular weight excluding hydrogens is 322 g/mol. The van der Waals surface area contributed by atoms with Crippen LogP contribution in [0.25, 0.3) is 5.69 Å².